The Morgan fingerprint density at radius 3 is 2.37 bits per heavy atom. The lowest BCUT2D eigenvalue weighted by molar-refractivity contribution is -0.0630. The molecule has 1 N–H and O–H groups in total. The fourth-order valence-electron chi connectivity index (χ4n) is 2.48. The molecule has 0 aromatic heterocycles. The largest absolute Gasteiger partial charge is 0.386 e. The summed E-state index contributed by atoms with van der Waals surface area (Å²) in [6.07, 6.45) is -0.523. The van der Waals surface area contributed by atoms with Crippen LogP contribution in [0, 0.1) is 0 Å². The second kappa shape index (κ2) is 6.09. The summed E-state index contributed by atoms with van der Waals surface area (Å²) in [5, 5.41) is 12.3. The molecular formula is C15H21NO2S. The Hall–Kier alpha value is -0.810. The molecule has 0 spiro atoms. The number of thiocarbonyl (C=S) groups is 1. The molecule has 0 bridgehead atoms. The fourth-order valence-corrected chi connectivity index (χ4v) is 2.63. The van der Waals surface area contributed by atoms with E-state index in [2.05, 4.69) is 18.7 Å². The number of nitrogens with zero attached hydrogens (tertiary/aromatic N) is 1. The molecule has 1 aromatic rings. The third kappa shape index (κ3) is 3.20. The Labute approximate surface area is 120 Å². The van der Waals surface area contributed by atoms with Gasteiger partial charge in [-0.25, -0.2) is 0 Å². The highest BCUT2D eigenvalue weighted by atomic mass is 32.1. The van der Waals surface area contributed by atoms with Crippen LogP contribution >= 0.6 is 12.2 Å². The van der Waals surface area contributed by atoms with Crippen LogP contribution < -0.4 is 0 Å². The summed E-state index contributed by atoms with van der Waals surface area (Å²) >= 11 is 4.89. The summed E-state index contributed by atoms with van der Waals surface area (Å²) in [5.74, 6) is 0. The molecule has 2 rings (SSSR count). The minimum Gasteiger partial charge on any atom is -0.386 e. The van der Waals surface area contributed by atoms with Gasteiger partial charge in [0, 0.05) is 24.0 Å². The summed E-state index contributed by atoms with van der Waals surface area (Å²) in [6, 6.07) is 7.79. The van der Waals surface area contributed by atoms with Gasteiger partial charge in [0.05, 0.1) is 19.3 Å². The highest BCUT2D eigenvalue weighted by molar-refractivity contribution is 7.79. The lowest BCUT2D eigenvalue weighted by atomic mass is 9.89. The van der Waals surface area contributed by atoms with E-state index in [0.29, 0.717) is 0 Å². The van der Waals surface area contributed by atoms with Crippen molar-refractivity contribution < 1.29 is 9.84 Å². The molecule has 1 unspecified atom stereocenters. The lowest BCUT2D eigenvalue weighted by Crippen LogP contribution is -2.53. The average Bonchev–Trinajstić information content (AvgIpc) is 2.47. The molecule has 1 aromatic carbocycles. The first-order valence-electron chi connectivity index (χ1n) is 6.61. The van der Waals surface area contributed by atoms with Crippen LogP contribution in [0.15, 0.2) is 24.3 Å². The molecule has 1 aliphatic heterocycles. The van der Waals surface area contributed by atoms with Crippen molar-refractivity contribution in [1.82, 2.24) is 4.90 Å². The molecule has 1 atom stereocenters. The maximum absolute atomic E-state index is 10.6. The molecule has 3 nitrogen and oxygen atoms in total. The van der Waals surface area contributed by atoms with Crippen molar-refractivity contribution in [3.8, 4) is 0 Å². The van der Waals surface area contributed by atoms with Crippen LogP contribution in [0.3, 0.4) is 0 Å². The van der Waals surface area contributed by atoms with Gasteiger partial charge in [-0.3, -0.25) is 4.90 Å². The molecule has 1 heterocycles. The van der Waals surface area contributed by atoms with Gasteiger partial charge in [-0.05, 0) is 25.0 Å². The Kier molecular flexibility index (Phi) is 4.68. The van der Waals surface area contributed by atoms with Crippen molar-refractivity contribution in [2.75, 3.05) is 26.3 Å². The second-order valence-corrected chi connectivity index (χ2v) is 5.68. The van der Waals surface area contributed by atoms with E-state index >= 15 is 0 Å². The van der Waals surface area contributed by atoms with Gasteiger partial charge in [0.2, 0.25) is 0 Å². The van der Waals surface area contributed by atoms with E-state index in [4.69, 9.17) is 17.0 Å². The Morgan fingerprint density at radius 1 is 1.26 bits per heavy atom. The summed E-state index contributed by atoms with van der Waals surface area (Å²) in [4.78, 5) is 2.29. The quantitative estimate of drug-likeness (QED) is 0.856. The van der Waals surface area contributed by atoms with Crippen molar-refractivity contribution in [2.45, 2.75) is 25.5 Å². The SMILES string of the molecule is CC(C)(C(O)c1ccc(C=S)cc1)N1CCOCC1. The van der Waals surface area contributed by atoms with Crippen LogP contribution in [0.4, 0.5) is 0 Å². The molecule has 1 aliphatic rings. The topological polar surface area (TPSA) is 32.7 Å². The third-order valence-corrected chi connectivity index (χ3v) is 4.16. The highest BCUT2D eigenvalue weighted by Gasteiger charge is 2.35. The second-order valence-electron chi connectivity index (χ2n) is 5.44. The minimum absolute atomic E-state index is 0.303. The Balaban J connectivity index is 2.15. The molecular weight excluding hydrogens is 258 g/mol. The van der Waals surface area contributed by atoms with Crippen molar-refractivity contribution >= 4 is 17.6 Å². The van der Waals surface area contributed by atoms with Gasteiger partial charge < -0.3 is 9.84 Å². The van der Waals surface area contributed by atoms with Gasteiger partial charge in [-0.15, -0.1) is 0 Å². The van der Waals surface area contributed by atoms with Gasteiger partial charge in [-0.2, -0.15) is 0 Å². The number of aliphatic hydroxyl groups excluding tert-OH is 1. The highest BCUT2D eigenvalue weighted by Crippen LogP contribution is 2.31. The van der Waals surface area contributed by atoms with Gasteiger partial charge in [0.15, 0.2) is 0 Å². The number of aliphatic hydroxyl groups is 1. The minimum atomic E-state index is -0.523. The molecule has 0 radical (unpaired) electrons. The first-order chi connectivity index (χ1) is 9.05. The summed E-state index contributed by atoms with van der Waals surface area (Å²) in [6.45, 7) is 7.36. The Bertz CT molecular complexity index is 424. The number of benzene rings is 1. The van der Waals surface area contributed by atoms with Gasteiger partial charge >= 0.3 is 0 Å². The van der Waals surface area contributed by atoms with Crippen LogP contribution in [0.1, 0.15) is 31.1 Å². The first-order valence-corrected chi connectivity index (χ1v) is 7.09. The monoisotopic (exact) mass is 279 g/mol. The van der Waals surface area contributed by atoms with E-state index in [1.54, 1.807) is 5.37 Å². The number of hydrogen-bond donors (Lipinski definition) is 1. The molecule has 0 saturated carbocycles. The Morgan fingerprint density at radius 2 is 1.84 bits per heavy atom. The smallest absolute Gasteiger partial charge is 0.0968 e. The summed E-state index contributed by atoms with van der Waals surface area (Å²) in [7, 11) is 0. The fraction of sp³-hybridized carbons (Fsp3) is 0.533. The molecule has 4 heteroatoms. The number of morpholine rings is 1. The van der Waals surface area contributed by atoms with Gasteiger partial charge in [0.1, 0.15) is 0 Å². The van der Waals surface area contributed by atoms with Crippen LogP contribution in [0.2, 0.25) is 0 Å². The molecule has 104 valence electrons. The number of hydrogen-bond acceptors (Lipinski definition) is 4. The number of rotatable bonds is 4. The van der Waals surface area contributed by atoms with Crippen LogP contribution in [-0.2, 0) is 4.74 Å². The average molecular weight is 279 g/mol. The summed E-state index contributed by atoms with van der Waals surface area (Å²) in [5.41, 5.74) is 1.62. The summed E-state index contributed by atoms with van der Waals surface area (Å²) < 4.78 is 5.37. The zero-order valence-electron chi connectivity index (χ0n) is 11.5. The van der Waals surface area contributed by atoms with E-state index in [0.717, 1.165) is 37.4 Å². The van der Waals surface area contributed by atoms with Crippen molar-refractivity contribution in [1.29, 1.82) is 0 Å². The third-order valence-electron chi connectivity index (χ3n) is 3.88. The van der Waals surface area contributed by atoms with Crippen molar-refractivity contribution in [2.24, 2.45) is 0 Å². The molecule has 19 heavy (non-hydrogen) atoms. The molecule has 0 amide bonds. The zero-order valence-corrected chi connectivity index (χ0v) is 12.3. The van der Waals surface area contributed by atoms with E-state index in [-0.39, 0.29) is 5.54 Å². The standard InChI is InChI=1S/C15H21NO2S/c1-15(2,16-7-9-18-10-8-16)14(17)13-5-3-12(11-19)4-6-13/h3-6,11,14,17H,7-10H2,1-2H3. The van der Waals surface area contributed by atoms with Crippen LogP contribution in [-0.4, -0.2) is 47.2 Å². The maximum atomic E-state index is 10.6. The van der Waals surface area contributed by atoms with E-state index in [9.17, 15) is 5.11 Å². The predicted molar refractivity (Wildman–Crippen MR) is 80.6 cm³/mol. The molecule has 0 aliphatic carbocycles. The van der Waals surface area contributed by atoms with E-state index in [1.807, 2.05) is 24.3 Å². The zero-order chi connectivity index (χ0) is 13.9. The molecule has 1 saturated heterocycles. The van der Waals surface area contributed by atoms with E-state index in [1.165, 1.54) is 0 Å². The van der Waals surface area contributed by atoms with Crippen molar-refractivity contribution in [3.63, 3.8) is 0 Å². The van der Waals surface area contributed by atoms with Gasteiger partial charge in [0.25, 0.3) is 0 Å². The van der Waals surface area contributed by atoms with Gasteiger partial charge in [-0.1, -0.05) is 36.5 Å². The van der Waals surface area contributed by atoms with Crippen molar-refractivity contribution in [3.05, 3.63) is 35.4 Å². The van der Waals surface area contributed by atoms with E-state index < -0.39 is 6.10 Å². The number of ether oxygens (including phenoxy) is 1. The maximum Gasteiger partial charge on any atom is 0.0968 e. The predicted octanol–water partition coefficient (Wildman–Crippen LogP) is 2.18. The lowest BCUT2D eigenvalue weighted by Gasteiger charge is -2.43. The van der Waals surface area contributed by atoms with Crippen LogP contribution in [0.5, 0.6) is 0 Å². The van der Waals surface area contributed by atoms with Crippen LogP contribution in [0.25, 0.3) is 0 Å². The normalized spacial score (nSPS) is 19.1. The first kappa shape index (κ1) is 14.6. The molecule has 1 fully saturated rings.